The number of ketones is 1. The molecule has 0 aromatic carbocycles. The Bertz CT molecular complexity index is 78.7. The minimum Gasteiger partial charge on any atom is -0.300 e. The summed E-state index contributed by atoms with van der Waals surface area (Å²) in [6.45, 7) is 3.62. The fourth-order valence-corrected chi connectivity index (χ4v) is 0.602. The molecule has 0 aromatic heterocycles. The summed E-state index contributed by atoms with van der Waals surface area (Å²) in [7, 11) is 0. The molecule has 10 heavy (non-hydrogen) atoms. The Hall–Kier alpha value is -0.330. The highest BCUT2D eigenvalue weighted by molar-refractivity contribution is 5.75. The largest absolute Gasteiger partial charge is 0.300 e. The van der Waals surface area contributed by atoms with Crippen molar-refractivity contribution in [3.8, 4) is 0 Å². The zero-order chi connectivity index (χ0) is 7.82. The highest BCUT2D eigenvalue weighted by Gasteiger charge is 1.95. The molecule has 0 aromatic rings. The molecule has 0 atom stereocenters. The van der Waals surface area contributed by atoms with Crippen LogP contribution in [0.3, 0.4) is 0 Å². The van der Waals surface area contributed by atoms with Gasteiger partial charge in [-0.05, 0) is 13.3 Å². The number of rotatable bonds is 2. The van der Waals surface area contributed by atoms with Gasteiger partial charge in [0.15, 0.2) is 0 Å². The van der Waals surface area contributed by atoms with Crippen LogP contribution in [0.15, 0.2) is 0 Å². The van der Waals surface area contributed by atoms with E-state index in [0.29, 0.717) is 0 Å². The molecule has 0 saturated heterocycles. The molecule has 1 nitrogen and oxygen atoms in total. The van der Waals surface area contributed by atoms with Crippen molar-refractivity contribution in [2.75, 3.05) is 0 Å². The molecule has 0 amide bonds. The highest BCUT2D eigenvalue weighted by atomic mass is 16.1. The van der Waals surface area contributed by atoms with Gasteiger partial charge in [-0.1, -0.05) is 32.6 Å². The first kappa shape index (κ1) is 9.67. The van der Waals surface area contributed by atoms with E-state index in [1.165, 1.54) is 25.7 Å². The normalized spacial score (nSPS) is 14.6. The molecule has 0 bridgehead atoms. The van der Waals surface area contributed by atoms with E-state index in [2.05, 4.69) is 0 Å². The predicted molar refractivity (Wildman–Crippen MR) is 44.1 cm³/mol. The molecule has 1 rings (SSSR count). The maximum Gasteiger partial charge on any atom is 0.129 e. The lowest BCUT2D eigenvalue weighted by Gasteiger charge is -2.05. The van der Waals surface area contributed by atoms with Crippen molar-refractivity contribution in [3.63, 3.8) is 0 Å². The van der Waals surface area contributed by atoms with E-state index >= 15 is 0 Å². The molecule has 0 N–H and O–H groups in total. The van der Waals surface area contributed by atoms with Crippen molar-refractivity contribution >= 4 is 5.78 Å². The molecular formula is C9H18O. The van der Waals surface area contributed by atoms with Gasteiger partial charge in [-0.3, -0.25) is 0 Å². The average Bonchev–Trinajstić information content (AvgIpc) is 1.58. The van der Waals surface area contributed by atoms with E-state index in [1.54, 1.807) is 6.92 Å². The smallest absolute Gasteiger partial charge is 0.129 e. The second-order valence-corrected chi connectivity index (χ2v) is 2.87. The summed E-state index contributed by atoms with van der Waals surface area (Å²) in [5, 5.41) is 0. The fourth-order valence-electron chi connectivity index (χ4n) is 0.602. The number of hydrogen-bond donors (Lipinski definition) is 0. The van der Waals surface area contributed by atoms with Crippen LogP contribution < -0.4 is 0 Å². The summed E-state index contributed by atoms with van der Waals surface area (Å²) in [6.07, 6.45) is 7.72. The Morgan fingerprint density at radius 3 is 1.60 bits per heavy atom. The van der Waals surface area contributed by atoms with Crippen molar-refractivity contribution in [2.24, 2.45) is 0 Å². The standard InChI is InChI=1S/C5H10O.C4H8/c1-3-4-5(2)6;1-2-4-3-1/h3-4H2,1-2H3;1-4H2. The molecule has 1 saturated carbocycles. The Labute approximate surface area is 63.8 Å². The number of carbonyl (C=O) groups is 1. The lowest BCUT2D eigenvalue weighted by atomic mass is 10.0. The van der Waals surface area contributed by atoms with Gasteiger partial charge in [-0.25, -0.2) is 0 Å². The van der Waals surface area contributed by atoms with E-state index in [0.717, 1.165) is 12.8 Å². The quantitative estimate of drug-likeness (QED) is 0.579. The maximum absolute atomic E-state index is 10.0. The number of Topliss-reactive ketones (excluding diaryl/α,β-unsaturated/α-hetero) is 1. The van der Waals surface area contributed by atoms with Crippen LogP contribution in [0.25, 0.3) is 0 Å². The van der Waals surface area contributed by atoms with Gasteiger partial charge in [0.05, 0.1) is 0 Å². The predicted octanol–water partition coefficient (Wildman–Crippen LogP) is 2.94. The van der Waals surface area contributed by atoms with E-state index < -0.39 is 0 Å². The molecule has 1 fully saturated rings. The summed E-state index contributed by atoms with van der Waals surface area (Å²) < 4.78 is 0. The Morgan fingerprint density at radius 2 is 1.60 bits per heavy atom. The van der Waals surface area contributed by atoms with Gasteiger partial charge in [0.1, 0.15) is 5.78 Å². The molecular weight excluding hydrogens is 124 g/mol. The summed E-state index contributed by atoms with van der Waals surface area (Å²) >= 11 is 0. The summed E-state index contributed by atoms with van der Waals surface area (Å²) in [5.41, 5.74) is 0. The van der Waals surface area contributed by atoms with Gasteiger partial charge in [0.2, 0.25) is 0 Å². The van der Waals surface area contributed by atoms with Gasteiger partial charge in [-0.2, -0.15) is 0 Å². The fraction of sp³-hybridized carbons (Fsp3) is 0.889. The second kappa shape index (κ2) is 6.79. The third-order valence-electron chi connectivity index (χ3n) is 1.60. The minimum absolute atomic E-state index is 0.289. The van der Waals surface area contributed by atoms with E-state index in [1.807, 2.05) is 6.92 Å². The van der Waals surface area contributed by atoms with Crippen LogP contribution in [0, 0.1) is 0 Å². The lowest BCUT2D eigenvalue weighted by molar-refractivity contribution is -0.117. The minimum atomic E-state index is 0.289. The first-order valence-electron chi connectivity index (χ1n) is 4.26. The van der Waals surface area contributed by atoms with Crippen LogP contribution in [0.5, 0.6) is 0 Å². The van der Waals surface area contributed by atoms with Crippen molar-refractivity contribution in [1.82, 2.24) is 0 Å². The van der Waals surface area contributed by atoms with E-state index in [4.69, 9.17) is 0 Å². The Morgan fingerprint density at radius 1 is 1.20 bits per heavy atom. The van der Waals surface area contributed by atoms with Gasteiger partial charge >= 0.3 is 0 Å². The maximum atomic E-state index is 10.0. The molecule has 0 spiro atoms. The summed E-state index contributed by atoms with van der Waals surface area (Å²) in [5.74, 6) is 0.289. The van der Waals surface area contributed by atoms with E-state index in [-0.39, 0.29) is 5.78 Å². The Kier molecular flexibility index (Phi) is 6.56. The molecule has 1 aliphatic rings. The van der Waals surface area contributed by atoms with Crippen LogP contribution in [-0.4, -0.2) is 5.78 Å². The van der Waals surface area contributed by atoms with Gasteiger partial charge in [0.25, 0.3) is 0 Å². The monoisotopic (exact) mass is 142 g/mol. The zero-order valence-electron chi connectivity index (χ0n) is 7.15. The molecule has 0 heterocycles. The zero-order valence-corrected chi connectivity index (χ0v) is 7.15. The van der Waals surface area contributed by atoms with Crippen LogP contribution in [0.2, 0.25) is 0 Å². The SMILES string of the molecule is C1CCC1.CCCC(C)=O. The molecule has 0 radical (unpaired) electrons. The van der Waals surface area contributed by atoms with Crippen LogP contribution in [-0.2, 0) is 4.79 Å². The first-order chi connectivity index (χ1) is 4.77. The van der Waals surface area contributed by atoms with Crippen LogP contribution in [0.1, 0.15) is 52.4 Å². The van der Waals surface area contributed by atoms with Gasteiger partial charge < -0.3 is 4.79 Å². The van der Waals surface area contributed by atoms with E-state index in [9.17, 15) is 4.79 Å². The molecule has 0 aliphatic heterocycles. The van der Waals surface area contributed by atoms with Crippen LogP contribution in [0.4, 0.5) is 0 Å². The third kappa shape index (κ3) is 7.67. The van der Waals surface area contributed by atoms with Crippen molar-refractivity contribution in [1.29, 1.82) is 0 Å². The third-order valence-corrected chi connectivity index (χ3v) is 1.60. The highest BCUT2D eigenvalue weighted by Crippen LogP contribution is 2.15. The molecule has 60 valence electrons. The van der Waals surface area contributed by atoms with Gasteiger partial charge in [-0.15, -0.1) is 0 Å². The first-order valence-corrected chi connectivity index (χ1v) is 4.26. The average molecular weight is 142 g/mol. The van der Waals surface area contributed by atoms with Crippen molar-refractivity contribution in [3.05, 3.63) is 0 Å². The second-order valence-electron chi connectivity index (χ2n) is 2.87. The molecule has 1 aliphatic carbocycles. The van der Waals surface area contributed by atoms with Crippen molar-refractivity contribution in [2.45, 2.75) is 52.4 Å². The topological polar surface area (TPSA) is 17.1 Å². The molecule has 0 unspecified atom stereocenters. The molecule has 1 heteroatoms. The van der Waals surface area contributed by atoms with Gasteiger partial charge in [0, 0.05) is 6.42 Å². The Balaban J connectivity index is 0.000000172. The van der Waals surface area contributed by atoms with Crippen LogP contribution >= 0.6 is 0 Å². The number of hydrogen-bond acceptors (Lipinski definition) is 1. The summed E-state index contributed by atoms with van der Waals surface area (Å²) in [4.78, 5) is 10.0. The number of carbonyl (C=O) groups excluding carboxylic acids is 1. The van der Waals surface area contributed by atoms with Crippen molar-refractivity contribution < 1.29 is 4.79 Å². The lowest BCUT2D eigenvalue weighted by Crippen LogP contribution is -1.85. The summed E-state index contributed by atoms with van der Waals surface area (Å²) in [6, 6.07) is 0.